The van der Waals surface area contributed by atoms with Crippen molar-refractivity contribution in [3.8, 4) is 0 Å². The summed E-state index contributed by atoms with van der Waals surface area (Å²) in [6.07, 6.45) is 6.26. The summed E-state index contributed by atoms with van der Waals surface area (Å²) in [5.74, 6) is 0.789. The summed E-state index contributed by atoms with van der Waals surface area (Å²) >= 11 is 1.56. The van der Waals surface area contributed by atoms with Gasteiger partial charge in [-0.25, -0.2) is 0 Å². The maximum absolute atomic E-state index is 10.4. The highest BCUT2D eigenvalue weighted by molar-refractivity contribution is 7.16. The van der Waals surface area contributed by atoms with Crippen LogP contribution in [-0.4, -0.2) is 30.9 Å². The molecule has 0 amide bonds. The zero-order valence-corrected chi connectivity index (χ0v) is 11.4. The van der Waals surface area contributed by atoms with Crippen molar-refractivity contribution >= 4 is 22.3 Å². The monoisotopic (exact) mass is 280 g/mol. The van der Waals surface area contributed by atoms with Crippen LogP contribution in [0.3, 0.4) is 0 Å². The Kier molecular flexibility index (Phi) is 3.46. The molecule has 0 bridgehead atoms. The lowest BCUT2D eigenvalue weighted by Gasteiger charge is -2.22. The number of carboxylic acids is 1. The highest BCUT2D eigenvalue weighted by Gasteiger charge is 2.26. The summed E-state index contributed by atoms with van der Waals surface area (Å²) in [5.41, 5.74) is 0. The van der Waals surface area contributed by atoms with Crippen molar-refractivity contribution in [2.24, 2.45) is 0 Å². The van der Waals surface area contributed by atoms with E-state index in [2.05, 4.69) is 15.3 Å². The largest absolute Gasteiger partial charge is 0.481 e. The molecule has 0 spiro atoms. The normalized spacial score (nSPS) is 15.8. The molecule has 0 aliphatic heterocycles. The van der Waals surface area contributed by atoms with Gasteiger partial charge in [-0.3, -0.25) is 4.79 Å². The molecule has 1 aliphatic rings. The average molecular weight is 280 g/mol. The van der Waals surface area contributed by atoms with Gasteiger partial charge < -0.3 is 5.11 Å². The Bertz CT molecular complexity index is 588. The van der Waals surface area contributed by atoms with Gasteiger partial charge >= 0.3 is 5.97 Å². The zero-order chi connectivity index (χ0) is 13.2. The topological polar surface area (TPSA) is 80.4 Å². The van der Waals surface area contributed by atoms with Crippen LogP contribution in [0, 0.1) is 0 Å². The smallest absolute Gasteiger partial charge is 0.303 e. The predicted octanol–water partition coefficient (Wildman–Crippen LogP) is 2.25. The Hall–Kier alpha value is -1.50. The second-order valence-electron chi connectivity index (χ2n) is 4.98. The van der Waals surface area contributed by atoms with E-state index in [1.807, 2.05) is 4.52 Å². The molecular weight excluding hydrogens is 264 g/mol. The van der Waals surface area contributed by atoms with E-state index in [-0.39, 0.29) is 6.42 Å². The van der Waals surface area contributed by atoms with E-state index >= 15 is 0 Å². The maximum Gasteiger partial charge on any atom is 0.303 e. The van der Waals surface area contributed by atoms with Crippen LogP contribution in [0.5, 0.6) is 0 Å². The number of hydrogen-bond donors (Lipinski definition) is 1. The second kappa shape index (κ2) is 5.24. The Morgan fingerprint density at radius 2 is 2.21 bits per heavy atom. The molecule has 3 rings (SSSR count). The third-order valence-corrected chi connectivity index (χ3v) is 4.52. The van der Waals surface area contributed by atoms with Crippen LogP contribution in [0.25, 0.3) is 4.96 Å². The van der Waals surface area contributed by atoms with E-state index in [4.69, 9.17) is 5.11 Å². The summed E-state index contributed by atoms with van der Waals surface area (Å²) in [6, 6.07) is 0. The highest BCUT2D eigenvalue weighted by Crippen LogP contribution is 2.35. The quantitative estimate of drug-likeness (QED) is 0.821. The number of carboxylic acid groups (broad SMARTS) is 1. The fraction of sp³-hybridized carbons (Fsp3) is 0.667. The van der Waals surface area contributed by atoms with E-state index in [1.54, 1.807) is 11.3 Å². The molecule has 2 heterocycles. The molecule has 0 unspecified atom stereocenters. The Morgan fingerprint density at radius 1 is 1.37 bits per heavy atom. The van der Waals surface area contributed by atoms with E-state index < -0.39 is 5.97 Å². The van der Waals surface area contributed by atoms with Gasteiger partial charge in [-0.15, -0.1) is 10.2 Å². The summed E-state index contributed by atoms with van der Waals surface area (Å²) < 4.78 is 1.88. The lowest BCUT2D eigenvalue weighted by molar-refractivity contribution is -0.137. The first-order chi connectivity index (χ1) is 9.24. The summed E-state index contributed by atoms with van der Waals surface area (Å²) in [7, 11) is 0. The number of nitrogens with zero attached hydrogens (tertiary/aromatic N) is 4. The molecule has 7 heteroatoms. The molecule has 1 saturated carbocycles. The molecule has 19 heavy (non-hydrogen) atoms. The van der Waals surface area contributed by atoms with Crippen LogP contribution < -0.4 is 0 Å². The van der Waals surface area contributed by atoms with Gasteiger partial charge in [-0.1, -0.05) is 17.8 Å². The third-order valence-electron chi connectivity index (χ3n) is 3.56. The maximum atomic E-state index is 10.4. The minimum absolute atomic E-state index is 0.234. The fourth-order valence-electron chi connectivity index (χ4n) is 2.25. The van der Waals surface area contributed by atoms with Crippen molar-refractivity contribution in [1.82, 2.24) is 19.8 Å². The molecule has 0 saturated heterocycles. The van der Waals surface area contributed by atoms with E-state index in [0.29, 0.717) is 12.3 Å². The number of carbonyl (C=O) groups is 1. The van der Waals surface area contributed by atoms with Crippen molar-refractivity contribution in [3.63, 3.8) is 0 Å². The molecule has 1 N–H and O–H groups in total. The van der Waals surface area contributed by atoms with Crippen LogP contribution in [0.1, 0.15) is 55.3 Å². The molecule has 0 atom stereocenters. The number of rotatable bonds is 6. The molecule has 0 aromatic carbocycles. The first-order valence-corrected chi connectivity index (χ1v) is 7.48. The Labute approximate surface area is 114 Å². The first-order valence-electron chi connectivity index (χ1n) is 6.67. The third kappa shape index (κ3) is 2.60. The van der Waals surface area contributed by atoms with Crippen LogP contribution in [0.2, 0.25) is 0 Å². The number of aliphatic carboxylic acids is 1. The molecule has 1 fully saturated rings. The summed E-state index contributed by atoms with van der Waals surface area (Å²) in [5, 5.41) is 22.6. The first kappa shape index (κ1) is 12.5. The van der Waals surface area contributed by atoms with Gasteiger partial charge in [0.15, 0.2) is 5.82 Å². The van der Waals surface area contributed by atoms with Gasteiger partial charge in [0.25, 0.3) is 0 Å². The van der Waals surface area contributed by atoms with Gasteiger partial charge in [-0.2, -0.15) is 9.61 Å². The van der Waals surface area contributed by atoms with Gasteiger partial charge in [0, 0.05) is 18.8 Å². The number of fused-ring (bicyclic) bond motifs is 1. The molecule has 6 nitrogen and oxygen atoms in total. The number of hydrogen-bond acceptors (Lipinski definition) is 5. The number of unbranched alkanes of at least 4 members (excludes halogenated alkanes) is 1. The predicted molar refractivity (Wildman–Crippen MR) is 70.4 cm³/mol. The van der Waals surface area contributed by atoms with Crippen molar-refractivity contribution in [3.05, 3.63) is 10.8 Å². The molecule has 2 aromatic heterocycles. The molecule has 102 valence electrons. The van der Waals surface area contributed by atoms with E-state index in [0.717, 1.165) is 28.6 Å². The highest BCUT2D eigenvalue weighted by atomic mass is 32.1. The standard InChI is InChI=1S/C12H16N4O2S/c17-10(18)7-2-1-6-9-15-16-11(8-4-3-5-8)13-14-12(16)19-9/h8H,1-7H2,(H,17,18). The van der Waals surface area contributed by atoms with Crippen molar-refractivity contribution < 1.29 is 9.90 Å². The number of aromatic nitrogens is 4. The lowest BCUT2D eigenvalue weighted by Crippen LogP contribution is -2.13. The van der Waals surface area contributed by atoms with Crippen LogP contribution in [-0.2, 0) is 11.2 Å². The van der Waals surface area contributed by atoms with Gasteiger partial charge in [0.05, 0.1) is 0 Å². The summed E-state index contributed by atoms with van der Waals surface area (Å²) in [6.45, 7) is 0. The van der Waals surface area contributed by atoms with Gasteiger partial charge in [-0.05, 0) is 25.7 Å². The SMILES string of the molecule is O=C(O)CCCCc1nn2c(C3CCC3)nnc2s1. The van der Waals surface area contributed by atoms with Crippen LogP contribution in [0.4, 0.5) is 0 Å². The van der Waals surface area contributed by atoms with E-state index in [9.17, 15) is 4.79 Å². The zero-order valence-electron chi connectivity index (χ0n) is 10.6. The summed E-state index contributed by atoms with van der Waals surface area (Å²) in [4.78, 5) is 11.3. The van der Waals surface area contributed by atoms with Gasteiger partial charge in [0.1, 0.15) is 5.01 Å². The Morgan fingerprint density at radius 3 is 2.89 bits per heavy atom. The van der Waals surface area contributed by atoms with Crippen molar-refractivity contribution in [2.45, 2.75) is 50.9 Å². The van der Waals surface area contributed by atoms with Crippen molar-refractivity contribution in [2.75, 3.05) is 0 Å². The van der Waals surface area contributed by atoms with Gasteiger partial charge in [0.2, 0.25) is 4.96 Å². The Balaban J connectivity index is 1.64. The molecule has 0 radical (unpaired) electrons. The molecule has 1 aliphatic carbocycles. The van der Waals surface area contributed by atoms with Crippen LogP contribution in [0.15, 0.2) is 0 Å². The van der Waals surface area contributed by atoms with Crippen LogP contribution >= 0.6 is 11.3 Å². The average Bonchev–Trinajstić information content (AvgIpc) is 2.84. The lowest BCUT2D eigenvalue weighted by atomic mass is 9.85. The minimum atomic E-state index is -0.731. The molecule has 2 aromatic rings. The van der Waals surface area contributed by atoms with E-state index in [1.165, 1.54) is 19.3 Å². The molecular formula is C12H16N4O2S. The second-order valence-corrected chi connectivity index (χ2v) is 6.02. The van der Waals surface area contributed by atoms with Crippen molar-refractivity contribution in [1.29, 1.82) is 0 Å². The fourth-order valence-corrected chi connectivity index (χ4v) is 3.13. The number of aryl methyl sites for hydroxylation is 1. The minimum Gasteiger partial charge on any atom is -0.481 e.